The molecule has 5 heterocycles. The van der Waals surface area contributed by atoms with Gasteiger partial charge < -0.3 is 28.1 Å². The first-order valence-corrected chi connectivity index (χ1v) is 15.9. The van der Waals surface area contributed by atoms with E-state index in [-0.39, 0.29) is 28.0 Å². The van der Waals surface area contributed by atoms with Crippen molar-refractivity contribution in [2.75, 3.05) is 16.7 Å². The molecule has 7 nitrogen and oxygen atoms in total. The first-order valence-electron chi connectivity index (χ1n) is 17.4. The molecule has 49 heavy (non-hydrogen) atoms. The van der Waals surface area contributed by atoms with Gasteiger partial charge in [0.1, 0.15) is 0 Å². The van der Waals surface area contributed by atoms with Crippen LogP contribution in [0.3, 0.4) is 0 Å². The molecule has 0 radical (unpaired) electrons. The summed E-state index contributed by atoms with van der Waals surface area (Å²) in [5, 5.41) is 2.17. The quantitative estimate of drug-likeness (QED) is 0.109. The molecule has 9 heteroatoms. The third-order valence-corrected chi connectivity index (χ3v) is 9.82. The molecule has 0 aliphatic carbocycles. The molecule has 10 rings (SSSR count). The SMILES string of the molecule is [2H]C([2H])([2H])[n+]1[c-]n(-c2[c-]c(Oc3[c-]c4c(cc3)c3cccc5c3n4-c3nccc4c3N5B(c3c(C)cccc3C)N4C)ccc2)c2ccccc21.[Pt]. The van der Waals surface area contributed by atoms with Crippen molar-refractivity contribution in [3.63, 3.8) is 0 Å². The number of anilines is 3. The minimum atomic E-state index is -2.38. The zero-order valence-corrected chi connectivity index (χ0v) is 29.1. The third-order valence-electron chi connectivity index (χ3n) is 9.82. The number of nitrogens with zero attached hydrogens (tertiary/aromatic N) is 6. The van der Waals surface area contributed by atoms with E-state index in [9.17, 15) is 0 Å². The molecule has 0 amide bonds. The van der Waals surface area contributed by atoms with Crippen LogP contribution in [-0.4, -0.2) is 28.1 Å². The maximum Gasteiger partial charge on any atom is 0.416 e. The number of benzene rings is 5. The Bertz CT molecular complexity index is 2740. The molecule has 0 unspecified atom stereocenters. The van der Waals surface area contributed by atoms with Gasteiger partial charge in [0, 0.05) is 38.8 Å². The summed E-state index contributed by atoms with van der Waals surface area (Å²) in [6, 6.07) is 38.9. The first kappa shape index (κ1) is 26.6. The Labute approximate surface area is 303 Å². The molecule has 3 aromatic heterocycles. The van der Waals surface area contributed by atoms with Gasteiger partial charge in [-0.05, 0) is 43.9 Å². The second kappa shape index (κ2) is 10.8. The average Bonchev–Trinajstić information content (AvgIpc) is 3.77. The molecule has 0 fully saturated rings. The van der Waals surface area contributed by atoms with Gasteiger partial charge in [-0.3, -0.25) is 0 Å². The largest absolute Gasteiger partial charge is 0.510 e. The van der Waals surface area contributed by atoms with Crippen molar-refractivity contribution >= 4 is 62.3 Å². The number of hydrogen-bond acceptors (Lipinski definition) is 4. The number of aryl methyl sites for hydroxylation is 3. The molecular weight excluding hydrogens is 786 g/mol. The molecule has 0 spiro atoms. The van der Waals surface area contributed by atoms with Crippen molar-refractivity contribution in [1.29, 1.82) is 0 Å². The Kier molecular flexibility index (Phi) is 5.89. The van der Waals surface area contributed by atoms with Crippen molar-refractivity contribution in [2.45, 2.75) is 13.8 Å². The summed E-state index contributed by atoms with van der Waals surface area (Å²) in [5.74, 6) is 1.84. The van der Waals surface area contributed by atoms with E-state index in [1.165, 1.54) is 21.2 Å². The van der Waals surface area contributed by atoms with Crippen LogP contribution in [0.5, 0.6) is 11.5 Å². The van der Waals surface area contributed by atoms with Crippen LogP contribution < -0.4 is 24.4 Å². The number of ether oxygens (including phenoxy) is 1. The maximum absolute atomic E-state index is 8.03. The fourth-order valence-corrected chi connectivity index (χ4v) is 7.75. The normalized spacial score (nSPS) is 14.2. The van der Waals surface area contributed by atoms with Gasteiger partial charge in [-0.1, -0.05) is 76.9 Å². The molecule has 5 aromatic carbocycles. The van der Waals surface area contributed by atoms with Crippen molar-refractivity contribution in [3.05, 3.63) is 133 Å². The van der Waals surface area contributed by atoms with E-state index in [0.29, 0.717) is 28.2 Å². The molecule has 0 saturated carbocycles. The van der Waals surface area contributed by atoms with Crippen LogP contribution in [0, 0.1) is 32.3 Å². The number of pyridine rings is 1. The molecule has 0 N–H and O–H groups in total. The predicted octanol–water partition coefficient (Wildman–Crippen LogP) is 7.05. The summed E-state index contributed by atoms with van der Waals surface area (Å²) < 4.78 is 35.6. The van der Waals surface area contributed by atoms with Gasteiger partial charge >= 0.3 is 6.98 Å². The number of fused-ring (bicyclic) bond motifs is 6. The van der Waals surface area contributed by atoms with Gasteiger partial charge in [0.25, 0.3) is 0 Å². The fourth-order valence-electron chi connectivity index (χ4n) is 7.75. The summed E-state index contributed by atoms with van der Waals surface area (Å²) in [5.41, 5.74) is 10.9. The van der Waals surface area contributed by atoms with Crippen molar-refractivity contribution < 1.29 is 34.5 Å². The molecule has 0 saturated heterocycles. The van der Waals surface area contributed by atoms with Crippen LogP contribution in [0.4, 0.5) is 17.1 Å². The smallest absolute Gasteiger partial charge is 0.416 e. The molecule has 2 aliphatic rings. The van der Waals surface area contributed by atoms with Gasteiger partial charge in [0.15, 0.2) is 5.82 Å². The summed E-state index contributed by atoms with van der Waals surface area (Å²) in [7, 11) is 2.16. The maximum atomic E-state index is 8.03. The predicted molar refractivity (Wildman–Crippen MR) is 191 cm³/mol. The summed E-state index contributed by atoms with van der Waals surface area (Å²) in [6.07, 6.45) is 4.90. The standard InChI is InChI=1S/C40H29BN6O.Pt/c1-25-10-7-11-26(2)37(25)41-44(4)34-20-21-42-40-39(34)47(41)35-17-9-14-31-30-19-18-29(23-36(30)46(40)38(31)35)48-28-13-8-12-27(22-28)45-24-43(3)32-15-5-6-16-33(32)45;/h5-21H,1-4H3;/q-2;/i3D3;. The van der Waals surface area contributed by atoms with Crippen LogP contribution in [0.25, 0.3) is 44.3 Å². The van der Waals surface area contributed by atoms with E-state index in [0.717, 1.165) is 44.7 Å². The summed E-state index contributed by atoms with van der Waals surface area (Å²) in [6.45, 7) is 1.97. The summed E-state index contributed by atoms with van der Waals surface area (Å²) >= 11 is 0. The molecule has 8 aromatic rings. The van der Waals surface area contributed by atoms with Crippen molar-refractivity contribution in [3.8, 4) is 23.0 Å². The second-order valence-electron chi connectivity index (χ2n) is 12.5. The topological polar surface area (TPSA) is 42.3 Å². The van der Waals surface area contributed by atoms with E-state index in [4.69, 9.17) is 13.8 Å². The van der Waals surface area contributed by atoms with Gasteiger partial charge in [-0.2, -0.15) is 18.2 Å². The average molecular weight is 819 g/mol. The monoisotopic (exact) mass is 818 g/mol. The number of para-hydroxylation sites is 3. The minimum Gasteiger partial charge on any atom is -0.510 e. The van der Waals surface area contributed by atoms with Crippen LogP contribution >= 0.6 is 0 Å². The number of rotatable bonds is 4. The number of imidazole rings is 1. The molecular formula is C40H29BN6OPt-2. The Morgan fingerprint density at radius 3 is 2.47 bits per heavy atom. The Morgan fingerprint density at radius 2 is 1.61 bits per heavy atom. The van der Waals surface area contributed by atoms with Crippen LogP contribution in [0.2, 0.25) is 0 Å². The van der Waals surface area contributed by atoms with Crippen LogP contribution in [-0.2, 0) is 28.0 Å². The first-order chi connectivity index (χ1) is 24.7. The van der Waals surface area contributed by atoms with Gasteiger partial charge in [0.05, 0.1) is 44.7 Å². The molecule has 2 aliphatic heterocycles. The zero-order chi connectivity index (χ0) is 34.8. The third kappa shape index (κ3) is 4.13. The molecule has 0 bridgehead atoms. The summed E-state index contributed by atoms with van der Waals surface area (Å²) in [4.78, 5) is 9.81. The fraction of sp³-hybridized carbons (Fsp3) is 0.100. The number of hydrogen-bond donors (Lipinski definition) is 0. The zero-order valence-electron chi connectivity index (χ0n) is 29.8. The second-order valence-corrected chi connectivity index (χ2v) is 12.5. The molecule has 0 atom stereocenters. The van der Waals surface area contributed by atoms with E-state index in [2.05, 4.69) is 102 Å². The Morgan fingerprint density at radius 1 is 0.816 bits per heavy atom. The minimum absolute atomic E-state index is 0. The Hall–Kier alpha value is -5.33. The molecule has 240 valence electrons. The van der Waals surface area contributed by atoms with Gasteiger partial charge in [-0.15, -0.1) is 29.7 Å². The van der Waals surface area contributed by atoms with E-state index < -0.39 is 6.98 Å². The van der Waals surface area contributed by atoms with Crippen molar-refractivity contribution in [1.82, 2.24) is 14.1 Å². The Balaban J connectivity index is 0.00000360. The van der Waals surface area contributed by atoms with Gasteiger partial charge in [-0.25, -0.2) is 4.98 Å². The van der Waals surface area contributed by atoms with Crippen LogP contribution in [0.1, 0.15) is 15.2 Å². The van der Waals surface area contributed by atoms with Crippen LogP contribution in [0.15, 0.2) is 103 Å². The van der Waals surface area contributed by atoms with Crippen molar-refractivity contribution in [2.24, 2.45) is 6.98 Å². The van der Waals surface area contributed by atoms with Gasteiger partial charge in [0.2, 0.25) is 6.33 Å². The van der Waals surface area contributed by atoms with E-state index in [1.54, 1.807) is 10.6 Å². The van der Waals surface area contributed by atoms with E-state index in [1.807, 2.05) is 48.7 Å². The van der Waals surface area contributed by atoms with E-state index >= 15 is 0 Å². The number of aromatic nitrogens is 4.